The molecular formula is C31H33N5O6. The number of amides is 3. The van der Waals surface area contributed by atoms with Crippen LogP contribution in [0.4, 0.5) is 4.79 Å². The number of carbonyl (C=O) groups is 4. The van der Waals surface area contributed by atoms with E-state index in [-0.39, 0.29) is 36.1 Å². The van der Waals surface area contributed by atoms with Crippen LogP contribution >= 0.6 is 0 Å². The minimum atomic E-state index is -1.05. The first kappa shape index (κ1) is 28.7. The molecule has 42 heavy (non-hydrogen) atoms. The molecule has 11 nitrogen and oxygen atoms in total. The molecule has 0 radical (unpaired) electrons. The molecule has 0 unspecified atom stereocenters. The average molecular weight is 572 g/mol. The van der Waals surface area contributed by atoms with Crippen LogP contribution in [0.2, 0.25) is 0 Å². The lowest BCUT2D eigenvalue weighted by atomic mass is 10.0. The lowest BCUT2D eigenvalue weighted by molar-refractivity contribution is -0.134. The van der Waals surface area contributed by atoms with E-state index in [2.05, 4.69) is 10.3 Å². The van der Waals surface area contributed by atoms with Gasteiger partial charge in [-0.1, -0.05) is 42.5 Å². The van der Waals surface area contributed by atoms with Crippen LogP contribution in [0.3, 0.4) is 0 Å². The summed E-state index contributed by atoms with van der Waals surface area (Å²) in [5.74, 6) is -1.11. The second kappa shape index (κ2) is 12.8. The van der Waals surface area contributed by atoms with Gasteiger partial charge in [-0.15, -0.1) is 0 Å². The van der Waals surface area contributed by atoms with Gasteiger partial charge in [-0.3, -0.25) is 9.59 Å². The van der Waals surface area contributed by atoms with Crippen molar-refractivity contribution in [2.75, 3.05) is 32.8 Å². The van der Waals surface area contributed by atoms with Crippen molar-refractivity contribution in [3.8, 4) is 11.4 Å². The van der Waals surface area contributed by atoms with Gasteiger partial charge >= 0.3 is 12.1 Å². The number of hydrogen-bond donors (Lipinski definition) is 2. The van der Waals surface area contributed by atoms with Gasteiger partial charge in [-0.05, 0) is 43.5 Å². The number of aromatic nitrogens is 2. The number of carboxylic acid groups (broad SMARTS) is 1. The first-order valence-electron chi connectivity index (χ1n) is 14.1. The molecular weight excluding hydrogens is 538 g/mol. The van der Waals surface area contributed by atoms with Crippen molar-refractivity contribution in [3.05, 3.63) is 83.2 Å². The predicted molar refractivity (Wildman–Crippen MR) is 153 cm³/mol. The SMILES string of the molecule is CCOC(=O)N1CCN(C(=O)[C@H](Cc2ccc(C(=O)O)cc2)NC(=O)c2cc(C3CC3)nc(-c3ccccc3)n2)CC1. The minimum absolute atomic E-state index is 0.128. The van der Waals surface area contributed by atoms with E-state index in [1.807, 2.05) is 30.3 Å². The second-order valence-corrected chi connectivity index (χ2v) is 10.4. The van der Waals surface area contributed by atoms with Crippen molar-refractivity contribution in [2.24, 2.45) is 0 Å². The van der Waals surface area contributed by atoms with Gasteiger partial charge in [0.15, 0.2) is 5.82 Å². The summed E-state index contributed by atoms with van der Waals surface area (Å²) in [6.07, 6.45) is 1.72. The fraction of sp³-hybridized carbons (Fsp3) is 0.355. The predicted octanol–water partition coefficient (Wildman–Crippen LogP) is 3.36. The van der Waals surface area contributed by atoms with E-state index in [0.29, 0.717) is 37.6 Å². The number of rotatable bonds is 9. The Labute approximate surface area is 243 Å². The largest absolute Gasteiger partial charge is 0.478 e. The molecule has 1 aliphatic carbocycles. The van der Waals surface area contributed by atoms with E-state index in [1.54, 1.807) is 34.9 Å². The van der Waals surface area contributed by atoms with E-state index >= 15 is 0 Å². The summed E-state index contributed by atoms with van der Waals surface area (Å²) in [7, 11) is 0. The Balaban J connectivity index is 1.38. The molecule has 1 aliphatic heterocycles. The van der Waals surface area contributed by atoms with Gasteiger partial charge < -0.3 is 25.0 Å². The summed E-state index contributed by atoms with van der Waals surface area (Å²) in [4.78, 5) is 63.3. The van der Waals surface area contributed by atoms with Gasteiger partial charge in [-0.25, -0.2) is 19.6 Å². The molecule has 11 heteroatoms. The number of benzene rings is 2. The Hall–Kier alpha value is -4.80. The Morgan fingerprint density at radius 3 is 2.24 bits per heavy atom. The first-order valence-corrected chi connectivity index (χ1v) is 14.1. The number of aromatic carboxylic acids is 1. The molecule has 2 fully saturated rings. The summed E-state index contributed by atoms with van der Waals surface area (Å²) >= 11 is 0. The standard InChI is InChI=1S/C31H33N5O6/c1-2-42-31(41)36-16-14-35(15-17-36)29(38)26(18-20-8-10-23(11-9-20)30(39)40)34-28(37)25-19-24(21-12-13-21)32-27(33-25)22-6-4-3-5-7-22/h3-11,19,21,26H,2,12-18H2,1H3,(H,34,37)(H,39,40)/t26-/m0/s1. The molecule has 1 aromatic heterocycles. The molecule has 2 aromatic carbocycles. The zero-order valence-electron chi connectivity index (χ0n) is 23.4. The smallest absolute Gasteiger partial charge is 0.409 e. The third-order valence-corrected chi connectivity index (χ3v) is 7.37. The Bertz CT molecular complexity index is 1450. The molecule has 2 N–H and O–H groups in total. The zero-order valence-corrected chi connectivity index (χ0v) is 23.4. The van der Waals surface area contributed by atoms with E-state index in [0.717, 1.165) is 24.1 Å². The lowest BCUT2D eigenvalue weighted by Crippen LogP contribution is -2.56. The number of carboxylic acids is 1. The fourth-order valence-electron chi connectivity index (χ4n) is 4.88. The van der Waals surface area contributed by atoms with Crippen molar-refractivity contribution in [2.45, 2.75) is 38.1 Å². The van der Waals surface area contributed by atoms with Gasteiger partial charge in [0, 0.05) is 49.8 Å². The third-order valence-electron chi connectivity index (χ3n) is 7.37. The lowest BCUT2D eigenvalue weighted by Gasteiger charge is -2.36. The molecule has 3 aromatic rings. The second-order valence-electron chi connectivity index (χ2n) is 10.4. The van der Waals surface area contributed by atoms with E-state index in [4.69, 9.17) is 9.72 Å². The summed E-state index contributed by atoms with van der Waals surface area (Å²) in [6, 6.07) is 16.4. The van der Waals surface area contributed by atoms with Crippen molar-refractivity contribution in [3.63, 3.8) is 0 Å². The van der Waals surface area contributed by atoms with Crippen LogP contribution in [-0.4, -0.2) is 87.6 Å². The minimum Gasteiger partial charge on any atom is -0.478 e. The van der Waals surface area contributed by atoms with Crippen molar-refractivity contribution >= 4 is 23.9 Å². The summed E-state index contributed by atoms with van der Waals surface area (Å²) in [5.41, 5.74) is 2.59. The normalized spacial score (nSPS) is 15.5. The van der Waals surface area contributed by atoms with E-state index in [1.165, 1.54) is 12.1 Å². The maximum atomic E-state index is 13.8. The molecule has 1 saturated carbocycles. The molecule has 0 spiro atoms. The maximum Gasteiger partial charge on any atom is 0.409 e. The number of ether oxygens (including phenoxy) is 1. The van der Waals surface area contributed by atoms with Crippen LogP contribution in [0.5, 0.6) is 0 Å². The number of hydrogen-bond acceptors (Lipinski definition) is 7. The fourth-order valence-corrected chi connectivity index (χ4v) is 4.88. The van der Waals surface area contributed by atoms with Crippen LogP contribution in [0.25, 0.3) is 11.4 Å². The van der Waals surface area contributed by atoms with E-state index < -0.39 is 24.0 Å². The molecule has 218 valence electrons. The van der Waals surface area contributed by atoms with Crippen LogP contribution < -0.4 is 5.32 Å². The Morgan fingerprint density at radius 1 is 0.952 bits per heavy atom. The molecule has 2 heterocycles. The topological polar surface area (TPSA) is 142 Å². The van der Waals surface area contributed by atoms with E-state index in [9.17, 15) is 24.3 Å². The summed E-state index contributed by atoms with van der Waals surface area (Å²) in [6.45, 7) is 3.22. The maximum absolute atomic E-state index is 13.8. The van der Waals surface area contributed by atoms with Crippen LogP contribution in [-0.2, 0) is 16.0 Å². The number of nitrogens with zero attached hydrogens (tertiary/aromatic N) is 4. The zero-order chi connectivity index (χ0) is 29.6. The van der Waals surface area contributed by atoms with Crippen LogP contribution in [0.15, 0.2) is 60.7 Å². The molecule has 0 bridgehead atoms. The molecule has 1 atom stereocenters. The highest BCUT2D eigenvalue weighted by Crippen LogP contribution is 2.39. The number of carbonyl (C=O) groups excluding carboxylic acids is 3. The molecule has 3 amide bonds. The molecule has 2 aliphatic rings. The monoisotopic (exact) mass is 571 g/mol. The van der Waals surface area contributed by atoms with Crippen molar-refractivity contribution in [1.82, 2.24) is 25.1 Å². The summed E-state index contributed by atoms with van der Waals surface area (Å²) in [5, 5.41) is 12.2. The number of nitrogens with one attached hydrogen (secondary N) is 1. The third kappa shape index (κ3) is 6.91. The van der Waals surface area contributed by atoms with Crippen LogP contribution in [0, 0.1) is 0 Å². The van der Waals surface area contributed by atoms with Crippen LogP contribution in [0.1, 0.15) is 57.8 Å². The Morgan fingerprint density at radius 2 is 1.62 bits per heavy atom. The highest BCUT2D eigenvalue weighted by molar-refractivity contribution is 5.96. The van der Waals surface area contributed by atoms with Gasteiger partial charge in [0.2, 0.25) is 5.91 Å². The highest BCUT2D eigenvalue weighted by atomic mass is 16.6. The van der Waals surface area contributed by atoms with Gasteiger partial charge in [-0.2, -0.15) is 0 Å². The van der Waals surface area contributed by atoms with Crippen molar-refractivity contribution < 1.29 is 29.0 Å². The van der Waals surface area contributed by atoms with Gasteiger partial charge in [0.05, 0.1) is 12.2 Å². The summed E-state index contributed by atoms with van der Waals surface area (Å²) < 4.78 is 5.08. The first-order chi connectivity index (χ1) is 20.3. The van der Waals surface area contributed by atoms with Crippen molar-refractivity contribution in [1.29, 1.82) is 0 Å². The number of piperazine rings is 1. The molecule has 5 rings (SSSR count). The molecule has 1 saturated heterocycles. The average Bonchev–Trinajstić information content (AvgIpc) is 3.87. The highest BCUT2D eigenvalue weighted by Gasteiger charge is 2.32. The quantitative estimate of drug-likeness (QED) is 0.398. The van der Waals surface area contributed by atoms with Gasteiger partial charge in [0.1, 0.15) is 11.7 Å². The Kier molecular flexibility index (Phi) is 8.75. The van der Waals surface area contributed by atoms with Gasteiger partial charge in [0.25, 0.3) is 5.91 Å².